The van der Waals surface area contributed by atoms with Crippen LogP contribution in [0, 0.1) is 11.3 Å². The third-order valence-corrected chi connectivity index (χ3v) is 5.20. The molecule has 0 aliphatic carbocycles. The van der Waals surface area contributed by atoms with Crippen LogP contribution in [0.25, 0.3) is 0 Å². The fourth-order valence-electron chi connectivity index (χ4n) is 3.74. The number of hydrogen-bond donors (Lipinski definition) is 0. The molecule has 2 fully saturated rings. The lowest BCUT2D eigenvalue weighted by atomic mass is 9.75. The zero-order valence-electron chi connectivity index (χ0n) is 16.2. The van der Waals surface area contributed by atoms with Crippen LogP contribution >= 0.6 is 0 Å². The molecule has 0 aromatic carbocycles. The molecular formula is C19H34N2O3. The Balaban J connectivity index is 1.95. The number of amides is 2. The average molecular weight is 338 g/mol. The summed E-state index contributed by atoms with van der Waals surface area (Å²) in [5, 5.41) is 0. The van der Waals surface area contributed by atoms with Crippen molar-refractivity contribution in [3.63, 3.8) is 0 Å². The highest BCUT2D eigenvalue weighted by Gasteiger charge is 2.40. The van der Waals surface area contributed by atoms with Crippen LogP contribution < -0.4 is 0 Å². The second-order valence-corrected chi connectivity index (χ2v) is 9.30. The van der Waals surface area contributed by atoms with Crippen LogP contribution in [0.1, 0.15) is 67.2 Å². The normalized spacial score (nSPS) is 23.5. The first-order chi connectivity index (χ1) is 11.0. The highest BCUT2D eigenvalue weighted by atomic mass is 16.6. The Morgan fingerprint density at radius 3 is 2.00 bits per heavy atom. The molecule has 2 saturated heterocycles. The molecule has 2 amide bonds. The molecule has 5 heteroatoms. The van der Waals surface area contributed by atoms with Crippen molar-refractivity contribution in [2.45, 2.75) is 78.9 Å². The van der Waals surface area contributed by atoms with E-state index in [1.54, 1.807) is 4.90 Å². The topological polar surface area (TPSA) is 49.9 Å². The van der Waals surface area contributed by atoms with Gasteiger partial charge in [0.25, 0.3) is 0 Å². The van der Waals surface area contributed by atoms with Gasteiger partial charge >= 0.3 is 6.09 Å². The fraction of sp³-hybridized carbons (Fsp3) is 0.895. The molecule has 2 aliphatic heterocycles. The number of carbonyl (C=O) groups excluding carboxylic acids is 2. The molecule has 0 aromatic heterocycles. The van der Waals surface area contributed by atoms with E-state index in [2.05, 4.69) is 20.8 Å². The quantitative estimate of drug-likeness (QED) is 0.733. The maximum Gasteiger partial charge on any atom is 0.410 e. The van der Waals surface area contributed by atoms with Crippen LogP contribution in [-0.4, -0.2) is 53.1 Å². The Labute approximate surface area is 146 Å². The largest absolute Gasteiger partial charge is 0.444 e. The van der Waals surface area contributed by atoms with E-state index in [1.807, 2.05) is 25.7 Å². The first-order valence-corrected chi connectivity index (χ1v) is 9.27. The molecule has 0 radical (unpaired) electrons. The Morgan fingerprint density at radius 1 is 0.917 bits per heavy atom. The smallest absolute Gasteiger partial charge is 0.410 e. The van der Waals surface area contributed by atoms with E-state index < -0.39 is 5.60 Å². The fourth-order valence-corrected chi connectivity index (χ4v) is 3.74. The molecule has 138 valence electrons. The van der Waals surface area contributed by atoms with Gasteiger partial charge < -0.3 is 9.64 Å². The summed E-state index contributed by atoms with van der Waals surface area (Å²) in [7, 11) is 0. The second kappa shape index (κ2) is 6.93. The number of ether oxygens (including phenoxy) is 1. The van der Waals surface area contributed by atoms with Gasteiger partial charge in [-0.2, -0.15) is 0 Å². The molecule has 5 nitrogen and oxygen atoms in total. The van der Waals surface area contributed by atoms with Gasteiger partial charge in [-0.25, -0.2) is 4.79 Å². The summed E-state index contributed by atoms with van der Waals surface area (Å²) in [6, 6.07) is -0.342. The van der Waals surface area contributed by atoms with Crippen molar-refractivity contribution >= 4 is 12.0 Å². The van der Waals surface area contributed by atoms with Gasteiger partial charge in [-0.15, -0.1) is 0 Å². The van der Waals surface area contributed by atoms with Crippen LogP contribution in [0.4, 0.5) is 4.79 Å². The van der Waals surface area contributed by atoms with Gasteiger partial charge in [-0.1, -0.05) is 20.8 Å². The minimum absolute atomic E-state index is 0.103. The number of nitrogens with zero attached hydrogens (tertiary/aromatic N) is 2. The molecule has 0 unspecified atom stereocenters. The number of hydrogen-bond acceptors (Lipinski definition) is 3. The molecule has 0 saturated carbocycles. The van der Waals surface area contributed by atoms with Crippen molar-refractivity contribution < 1.29 is 14.3 Å². The van der Waals surface area contributed by atoms with Gasteiger partial charge in [0, 0.05) is 19.6 Å². The van der Waals surface area contributed by atoms with Crippen molar-refractivity contribution in [1.82, 2.24) is 9.80 Å². The van der Waals surface area contributed by atoms with E-state index in [4.69, 9.17) is 4.74 Å². The minimum atomic E-state index is -0.529. The third-order valence-electron chi connectivity index (χ3n) is 5.20. The van der Waals surface area contributed by atoms with Gasteiger partial charge in [0.05, 0.1) is 0 Å². The lowest BCUT2D eigenvalue weighted by Gasteiger charge is -2.40. The van der Waals surface area contributed by atoms with Crippen LogP contribution in [0.3, 0.4) is 0 Å². The van der Waals surface area contributed by atoms with Crippen molar-refractivity contribution in [2.75, 3.05) is 19.6 Å². The Hall–Kier alpha value is -1.26. The predicted octanol–water partition coefficient (Wildman–Crippen LogP) is 3.67. The Morgan fingerprint density at radius 2 is 1.50 bits per heavy atom. The third kappa shape index (κ3) is 4.64. The molecule has 0 aromatic rings. The summed E-state index contributed by atoms with van der Waals surface area (Å²) in [4.78, 5) is 28.9. The molecule has 2 heterocycles. The monoisotopic (exact) mass is 338 g/mol. The van der Waals surface area contributed by atoms with E-state index in [0.29, 0.717) is 17.9 Å². The molecule has 0 N–H and O–H groups in total. The van der Waals surface area contributed by atoms with E-state index in [-0.39, 0.29) is 18.0 Å². The first-order valence-electron chi connectivity index (χ1n) is 9.27. The first kappa shape index (κ1) is 19.1. The number of piperidine rings is 1. The lowest BCUT2D eigenvalue weighted by molar-refractivity contribution is -0.137. The molecule has 0 bridgehead atoms. The maximum atomic E-state index is 12.9. The standard InChI is InChI=1S/C19H34N2O3/c1-18(2,3)14-9-12-20(13-10-14)16(22)15-8-7-11-21(15)17(23)24-19(4,5)6/h14-15H,7-13H2,1-6H3/t15-/m0/s1. The van der Waals surface area contributed by atoms with E-state index in [0.717, 1.165) is 38.8 Å². The Kier molecular flexibility index (Phi) is 5.50. The summed E-state index contributed by atoms with van der Waals surface area (Å²) in [6.45, 7) is 14.6. The summed E-state index contributed by atoms with van der Waals surface area (Å²) < 4.78 is 5.47. The molecule has 2 aliphatic rings. The van der Waals surface area contributed by atoms with Gasteiger partial charge in [-0.3, -0.25) is 9.69 Å². The van der Waals surface area contributed by atoms with E-state index in [9.17, 15) is 9.59 Å². The van der Waals surface area contributed by atoms with Crippen molar-refractivity contribution in [2.24, 2.45) is 11.3 Å². The molecule has 0 spiro atoms. The maximum absolute atomic E-state index is 12.9. The van der Waals surface area contributed by atoms with Gasteiger partial charge in [0.15, 0.2) is 0 Å². The number of rotatable bonds is 1. The van der Waals surface area contributed by atoms with Crippen LogP contribution in [-0.2, 0) is 9.53 Å². The predicted molar refractivity (Wildman–Crippen MR) is 94.7 cm³/mol. The SMILES string of the molecule is CC(C)(C)OC(=O)N1CCC[C@H]1C(=O)N1CCC(C(C)(C)C)CC1. The molecule has 24 heavy (non-hydrogen) atoms. The molecule has 2 rings (SSSR count). The van der Waals surface area contributed by atoms with Gasteiger partial charge in [0.2, 0.25) is 5.91 Å². The highest BCUT2D eigenvalue weighted by molar-refractivity contribution is 5.86. The van der Waals surface area contributed by atoms with Crippen LogP contribution in [0.15, 0.2) is 0 Å². The van der Waals surface area contributed by atoms with Crippen molar-refractivity contribution in [3.05, 3.63) is 0 Å². The van der Waals surface area contributed by atoms with Crippen LogP contribution in [0.2, 0.25) is 0 Å². The van der Waals surface area contributed by atoms with Crippen molar-refractivity contribution in [1.29, 1.82) is 0 Å². The second-order valence-electron chi connectivity index (χ2n) is 9.30. The number of carbonyl (C=O) groups is 2. The average Bonchev–Trinajstić information content (AvgIpc) is 2.93. The lowest BCUT2D eigenvalue weighted by Crippen LogP contribution is -2.51. The zero-order chi connectivity index (χ0) is 18.1. The van der Waals surface area contributed by atoms with Gasteiger partial charge in [-0.05, 0) is 57.8 Å². The van der Waals surface area contributed by atoms with E-state index in [1.165, 1.54) is 0 Å². The molecular weight excluding hydrogens is 304 g/mol. The van der Waals surface area contributed by atoms with Crippen molar-refractivity contribution in [3.8, 4) is 0 Å². The zero-order valence-corrected chi connectivity index (χ0v) is 16.2. The van der Waals surface area contributed by atoms with Gasteiger partial charge in [0.1, 0.15) is 11.6 Å². The van der Waals surface area contributed by atoms with Crippen LogP contribution in [0.5, 0.6) is 0 Å². The summed E-state index contributed by atoms with van der Waals surface area (Å²) in [5.74, 6) is 0.762. The Bertz CT molecular complexity index is 468. The summed E-state index contributed by atoms with van der Waals surface area (Å²) in [5.41, 5.74) is -0.233. The summed E-state index contributed by atoms with van der Waals surface area (Å²) in [6.07, 6.45) is 3.36. The highest BCUT2D eigenvalue weighted by Crippen LogP contribution is 2.35. The summed E-state index contributed by atoms with van der Waals surface area (Å²) >= 11 is 0. The number of likely N-dealkylation sites (tertiary alicyclic amines) is 2. The minimum Gasteiger partial charge on any atom is -0.444 e. The van der Waals surface area contributed by atoms with E-state index >= 15 is 0 Å². The molecule has 1 atom stereocenters.